The van der Waals surface area contributed by atoms with Crippen LogP contribution >= 0.6 is 0 Å². The van der Waals surface area contributed by atoms with Gasteiger partial charge in [-0.05, 0) is 43.7 Å². The molecule has 166 valence electrons. The third kappa shape index (κ3) is 5.52. The topological polar surface area (TPSA) is 79.3 Å². The van der Waals surface area contributed by atoms with Gasteiger partial charge >= 0.3 is 5.97 Å². The Morgan fingerprint density at radius 3 is 2.45 bits per heavy atom. The number of nitrogens with zero attached hydrogens (tertiary/aromatic N) is 2. The maximum absolute atomic E-state index is 13.1. The normalized spacial score (nSPS) is 19.2. The summed E-state index contributed by atoms with van der Waals surface area (Å²) in [7, 11) is 1.47. The molecule has 1 N–H and O–H groups in total. The number of methoxy groups -OCH3 is 1. The molecule has 0 bridgehead atoms. The van der Waals surface area contributed by atoms with Gasteiger partial charge in [0.2, 0.25) is 0 Å². The fourth-order valence-electron chi connectivity index (χ4n) is 3.74. The van der Waals surface area contributed by atoms with Gasteiger partial charge in [0.15, 0.2) is 6.61 Å². The first-order chi connectivity index (χ1) is 14.8. The van der Waals surface area contributed by atoms with Crippen molar-refractivity contribution in [1.29, 1.82) is 0 Å². The Kier molecular flexibility index (Phi) is 7.12. The van der Waals surface area contributed by atoms with E-state index in [1.165, 1.54) is 37.4 Å². The Labute approximate surface area is 181 Å². The van der Waals surface area contributed by atoms with Gasteiger partial charge in [-0.1, -0.05) is 12.1 Å². The molecule has 0 radical (unpaired) electrons. The molecule has 1 aliphatic heterocycles. The Balaban J connectivity index is 1.62. The van der Waals surface area contributed by atoms with E-state index in [0.717, 1.165) is 5.56 Å². The van der Waals surface area contributed by atoms with Gasteiger partial charge in [0, 0.05) is 37.8 Å². The lowest BCUT2D eigenvalue weighted by Crippen LogP contribution is -2.58. The molecule has 0 aliphatic carbocycles. The van der Waals surface area contributed by atoms with Gasteiger partial charge in [0.1, 0.15) is 22.9 Å². The molecule has 1 saturated heterocycles. The third-order valence-corrected chi connectivity index (χ3v) is 5.50. The van der Waals surface area contributed by atoms with Crippen LogP contribution in [-0.2, 0) is 11.3 Å². The number of ether oxygens (including phenoxy) is 2. The van der Waals surface area contributed by atoms with Crippen LogP contribution in [0.3, 0.4) is 0 Å². The van der Waals surface area contributed by atoms with Crippen molar-refractivity contribution in [3.63, 3.8) is 0 Å². The van der Waals surface area contributed by atoms with Crippen molar-refractivity contribution in [3.05, 3.63) is 59.4 Å². The number of carbonyl (C=O) groups excluding carboxylic acids is 1. The lowest BCUT2D eigenvalue weighted by molar-refractivity contribution is -0.139. The van der Waals surface area contributed by atoms with Gasteiger partial charge in [-0.3, -0.25) is 9.69 Å². The van der Waals surface area contributed by atoms with Crippen LogP contribution in [-0.4, -0.2) is 65.7 Å². The summed E-state index contributed by atoms with van der Waals surface area (Å²) in [6, 6.07) is 10.9. The monoisotopic (exact) mass is 430 g/mol. The van der Waals surface area contributed by atoms with E-state index in [0.29, 0.717) is 25.4 Å². The van der Waals surface area contributed by atoms with Crippen LogP contribution in [0.5, 0.6) is 11.5 Å². The number of benzene rings is 2. The first-order valence-corrected chi connectivity index (χ1v) is 10.1. The smallest absolute Gasteiger partial charge is 0.339 e. The van der Waals surface area contributed by atoms with Crippen molar-refractivity contribution in [2.24, 2.45) is 0 Å². The Morgan fingerprint density at radius 1 is 1.10 bits per heavy atom. The summed E-state index contributed by atoms with van der Waals surface area (Å²) in [4.78, 5) is 28.3. The van der Waals surface area contributed by atoms with Gasteiger partial charge in [-0.2, -0.15) is 0 Å². The van der Waals surface area contributed by atoms with Crippen LogP contribution in [0, 0.1) is 5.82 Å². The van der Waals surface area contributed by atoms with E-state index in [-0.39, 0.29) is 41.7 Å². The van der Waals surface area contributed by atoms with Crippen LogP contribution in [0.25, 0.3) is 0 Å². The summed E-state index contributed by atoms with van der Waals surface area (Å²) >= 11 is 0. The highest BCUT2D eigenvalue weighted by atomic mass is 19.1. The second-order valence-corrected chi connectivity index (χ2v) is 7.76. The molecule has 2 unspecified atom stereocenters. The maximum Gasteiger partial charge on any atom is 0.339 e. The molecule has 1 aliphatic rings. The van der Waals surface area contributed by atoms with Gasteiger partial charge < -0.3 is 19.5 Å². The molecule has 1 amide bonds. The Bertz CT molecular complexity index is 934. The number of rotatable bonds is 7. The number of hydrogen-bond acceptors (Lipinski definition) is 5. The quantitative estimate of drug-likeness (QED) is 0.728. The largest absolute Gasteiger partial charge is 0.497 e. The highest BCUT2D eigenvalue weighted by Crippen LogP contribution is 2.25. The van der Waals surface area contributed by atoms with Gasteiger partial charge in [-0.15, -0.1) is 0 Å². The van der Waals surface area contributed by atoms with E-state index in [1.807, 2.05) is 13.8 Å². The minimum absolute atomic E-state index is 0.0286. The summed E-state index contributed by atoms with van der Waals surface area (Å²) in [6.07, 6.45) is 0. The minimum atomic E-state index is -1.14. The number of carboxylic acids is 1. The second kappa shape index (κ2) is 9.78. The summed E-state index contributed by atoms with van der Waals surface area (Å²) in [5.74, 6) is -1.07. The first kappa shape index (κ1) is 22.6. The summed E-state index contributed by atoms with van der Waals surface area (Å²) in [6.45, 7) is 5.62. The van der Waals surface area contributed by atoms with Crippen molar-refractivity contribution in [1.82, 2.24) is 9.80 Å². The zero-order chi connectivity index (χ0) is 22.5. The average molecular weight is 430 g/mol. The Hall–Kier alpha value is -3.13. The molecule has 7 nitrogen and oxygen atoms in total. The number of aromatic carboxylic acids is 1. The number of piperazine rings is 1. The van der Waals surface area contributed by atoms with Crippen LogP contribution in [0.2, 0.25) is 0 Å². The van der Waals surface area contributed by atoms with Crippen LogP contribution in [0.15, 0.2) is 42.5 Å². The lowest BCUT2D eigenvalue weighted by atomic mass is 10.1. The molecule has 1 heterocycles. The van der Waals surface area contributed by atoms with Crippen molar-refractivity contribution in [2.75, 3.05) is 26.8 Å². The Morgan fingerprint density at radius 2 is 1.81 bits per heavy atom. The first-order valence-electron chi connectivity index (χ1n) is 10.1. The summed E-state index contributed by atoms with van der Waals surface area (Å²) in [5, 5.41) is 9.34. The fourth-order valence-corrected chi connectivity index (χ4v) is 3.74. The molecular formula is C23H27FN2O5. The summed E-state index contributed by atoms with van der Waals surface area (Å²) < 4.78 is 23.8. The van der Waals surface area contributed by atoms with Crippen LogP contribution in [0.4, 0.5) is 4.39 Å². The zero-order valence-electron chi connectivity index (χ0n) is 17.9. The number of amides is 1. The molecule has 8 heteroatoms. The lowest BCUT2D eigenvalue weighted by Gasteiger charge is -2.44. The van der Waals surface area contributed by atoms with Gasteiger partial charge in [-0.25, -0.2) is 9.18 Å². The number of carboxylic acid groups (broad SMARTS) is 1. The van der Waals surface area contributed by atoms with E-state index < -0.39 is 5.97 Å². The molecule has 0 aromatic heterocycles. The predicted molar refractivity (Wildman–Crippen MR) is 113 cm³/mol. The highest BCUT2D eigenvalue weighted by Gasteiger charge is 2.32. The van der Waals surface area contributed by atoms with Crippen LogP contribution < -0.4 is 9.47 Å². The summed E-state index contributed by atoms with van der Waals surface area (Å²) in [5.41, 5.74) is 0.988. The van der Waals surface area contributed by atoms with E-state index in [9.17, 15) is 19.1 Å². The van der Waals surface area contributed by atoms with Crippen molar-refractivity contribution < 1.29 is 28.6 Å². The molecule has 1 fully saturated rings. The fraction of sp³-hybridized carbons (Fsp3) is 0.391. The molecule has 3 rings (SSSR count). The SMILES string of the molecule is COc1ccc(C(=O)O)c(OCC(=O)N2CC(C)N(Cc3ccc(F)cc3)CC2C)c1. The predicted octanol–water partition coefficient (Wildman–Crippen LogP) is 3.03. The van der Waals surface area contributed by atoms with Gasteiger partial charge in [0.05, 0.1) is 7.11 Å². The average Bonchev–Trinajstić information content (AvgIpc) is 2.75. The van der Waals surface area contributed by atoms with Gasteiger partial charge in [0.25, 0.3) is 5.91 Å². The van der Waals surface area contributed by atoms with E-state index >= 15 is 0 Å². The highest BCUT2D eigenvalue weighted by molar-refractivity contribution is 5.91. The zero-order valence-corrected chi connectivity index (χ0v) is 17.9. The maximum atomic E-state index is 13.1. The number of carbonyl (C=O) groups is 2. The molecular weight excluding hydrogens is 403 g/mol. The molecule has 31 heavy (non-hydrogen) atoms. The van der Waals surface area contributed by atoms with E-state index in [4.69, 9.17) is 9.47 Å². The van der Waals surface area contributed by atoms with Crippen molar-refractivity contribution >= 4 is 11.9 Å². The van der Waals surface area contributed by atoms with Crippen LogP contribution in [0.1, 0.15) is 29.8 Å². The molecule has 0 saturated carbocycles. The van der Waals surface area contributed by atoms with Crippen molar-refractivity contribution in [2.45, 2.75) is 32.5 Å². The molecule has 2 aromatic rings. The molecule has 2 atom stereocenters. The van der Waals surface area contributed by atoms with E-state index in [2.05, 4.69) is 4.90 Å². The third-order valence-electron chi connectivity index (χ3n) is 5.50. The second-order valence-electron chi connectivity index (χ2n) is 7.76. The number of hydrogen-bond donors (Lipinski definition) is 1. The number of halogens is 1. The van der Waals surface area contributed by atoms with Crippen molar-refractivity contribution in [3.8, 4) is 11.5 Å². The standard InChI is InChI=1S/C23H27FN2O5/c1-15-12-26(16(2)11-25(15)13-17-4-6-18(24)7-5-17)22(27)14-31-21-10-19(30-3)8-9-20(21)23(28)29/h4-10,15-16H,11-14H2,1-3H3,(H,28,29). The molecule has 2 aromatic carbocycles. The minimum Gasteiger partial charge on any atom is -0.497 e. The van der Waals surface area contributed by atoms with E-state index in [1.54, 1.807) is 17.0 Å². The molecule has 0 spiro atoms.